The number of ether oxygens (including phenoxy) is 1. The van der Waals surface area contributed by atoms with Crippen molar-refractivity contribution in [1.29, 1.82) is 0 Å². The average Bonchev–Trinajstić information content (AvgIpc) is 2.25. The van der Waals surface area contributed by atoms with Crippen molar-refractivity contribution in [1.82, 2.24) is 0 Å². The molecule has 1 aromatic rings. The van der Waals surface area contributed by atoms with Gasteiger partial charge in [0.15, 0.2) is 0 Å². The number of rotatable bonds is 5. The molecule has 14 heavy (non-hydrogen) atoms. The molecular formula is C11H16O3. The summed E-state index contributed by atoms with van der Waals surface area (Å²) >= 11 is 0. The molecule has 0 saturated carbocycles. The van der Waals surface area contributed by atoms with Crippen molar-refractivity contribution in [3.05, 3.63) is 29.3 Å². The predicted molar refractivity (Wildman–Crippen MR) is 54.3 cm³/mol. The summed E-state index contributed by atoms with van der Waals surface area (Å²) in [5.74, 6) is 0.787. The van der Waals surface area contributed by atoms with Crippen LogP contribution in [0.15, 0.2) is 18.2 Å². The van der Waals surface area contributed by atoms with Crippen LogP contribution in [0, 0.1) is 0 Å². The summed E-state index contributed by atoms with van der Waals surface area (Å²) in [6.07, 6.45) is 1.48. The molecule has 0 atom stereocenters. The summed E-state index contributed by atoms with van der Waals surface area (Å²) in [4.78, 5) is 0. The zero-order valence-corrected chi connectivity index (χ0v) is 8.36. The maximum Gasteiger partial charge on any atom is 0.119 e. The van der Waals surface area contributed by atoms with Crippen LogP contribution in [0.25, 0.3) is 0 Å². The summed E-state index contributed by atoms with van der Waals surface area (Å²) in [7, 11) is 1.61. The molecule has 1 aromatic carbocycles. The molecule has 0 aromatic heterocycles. The Bertz CT molecular complexity index is 284. The largest absolute Gasteiger partial charge is 0.497 e. The normalized spacial score (nSPS) is 10.2. The Morgan fingerprint density at radius 1 is 1.21 bits per heavy atom. The van der Waals surface area contributed by atoms with Gasteiger partial charge in [0, 0.05) is 6.61 Å². The molecule has 0 amide bonds. The molecule has 0 heterocycles. The number of aliphatic hydroxyl groups excluding tert-OH is 2. The van der Waals surface area contributed by atoms with Gasteiger partial charge >= 0.3 is 0 Å². The van der Waals surface area contributed by atoms with E-state index in [1.165, 1.54) is 0 Å². The highest BCUT2D eigenvalue weighted by atomic mass is 16.5. The maximum atomic E-state index is 9.08. The van der Waals surface area contributed by atoms with Crippen LogP contribution < -0.4 is 4.74 Å². The van der Waals surface area contributed by atoms with Crippen molar-refractivity contribution < 1.29 is 14.9 Å². The van der Waals surface area contributed by atoms with E-state index < -0.39 is 0 Å². The first-order valence-corrected chi connectivity index (χ1v) is 4.69. The second kappa shape index (κ2) is 5.62. The van der Waals surface area contributed by atoms with Gasteiger partial charge in [0.05, 0.1) is 13.7 Å². The van der Waals surface area contributed by atoms with Gasteiger partial charge < -0.3 is 14.9 Å². The van der Waals surface area contributed by atoms with Gasteiger partial charge in [0.1, 0.15) is 5.75 Å². The molecule has 2 N–H and O–H groups in total. The van der Waals surface area contributed by atoms with Gasteiger partial charge in [0.25, 0.3) is 0 Å². The average molecular weight is 196 g/mol. The van der Waals surface area contributed by atoms with E-state index >= 15 is 0 Å². The summed E-state index contributed by atoms with van der Waals surface area (Å²) in [5.41, 5.74) is 1.94. The lowest BCUT2D eigenvalue weighted by molar-refractivity contribution is 0.276. The molecule has 3 heteroatoms. The topological polar surface area (TPSA) is 49.7 Å². The Balaban J connectivity index is 2.84. The molecule has 0 aliphatic carbocycles. The van der Waals surface area contributed by atoms with E-state index in [1.807, 2.05) is 18.2 Å². The Morgan fingerprint density at radius 2 is 2.00 bits per heavy atom. The van der Waals surface area contributed by atoms with Crippen LogP contribution in [0.4, 0.5) is 0 Å². The Kier molecular flexibility index (Phi) is 4.43. The highest BCUT2D eigenvalue weighted by Gasteiger charge is 2.03. The van der Waals surface area contributed by atoms with Crippen LogP contribution in [-0.2, 0) is 13.0 Å². The number of hydrogen-bond donors (Lipinski definition) is 2. The Labute approximate surface area is 84.0 Å². The highest BCUT2D eigenvalue weighted by molar-refractivity contribution is 5.35. The van der Waals surface area contributed by atoms with E-state index in [1.54, 1.807) is 7.11 Å². The number of aryl methyl sites for hydroxylation is 1. The van der Waals surface area contributed by atoms with E-state index in [-0.39, 0.29) is 13.2 Å². The van der Waals surface area contributed by atoms with E-state index in [4.69, 9.17) is 14.9 Å². The SMILES string of the molecule is COc1ccc(CO)c(CCCO)c1. The number of benzene rings is 1. The van der Waals surface area contributed by atoms with Crippen LogP contribution in [-0.4, -0.2) is 23.9 Å². The molecule has 0 saturated heterocycles. The van der Waals surface area contributed by atoms with Crippen LogP contribution in [0.2, 0.25) is 0 Å². The van der Waals surface area contributed by atoms with Crippen LogP contribution >= 0.6 is 0 Å². The van der Waals surface area contributed by atoms with Crippen molar-refractivity contribution in [3.63, 3.8) is 0 Å². The van der Waals surface area contributed by atoms with E-state index in [0.29, 0.717) is 6.42 Å². The molecule has 0 bridgehead atoms. The van der Waals surface area contributed by atoms with Crippen LogP contribution in [0.1, 0.15) is 17.5 Å². The monoisotopic (exact) mass is 196 g/mol. The third-order valence-corrected chi connectivity index (χ3v) is 2.19. The quantitative estimate of drug-likeness (QED) is 0.741. The van der Waals surface area contributed by atoms with Crippen molar-refractivity contribution in [2.24, 2.45) is 0 Å². The molecule has 78 valence electrons. The number of aliphatic hydroxyl groups is 2. The van der Waals surface area contributed by atoms with Gasteiger partial charge in [-0.15, -0.1) is 0 Å². The molecule has 0 unspecified atom stereocenters. The van der Waals surface area contributed by atoms with Gasteiger partial charge in [-0.2, -0.15) is 0 Å². The van der Waals surface area contributed by atoms with Crippen LogP contribution in [0.5, 0.6) is 5.75 Å². The van der Waals surface area contributed by atoms with Gasteiger partial charge in [-0.25, -0.2) is 0 Å². The van der Waals surface area contributed by atoms with Gasteiger partial charge in [-0.1, -0.05) is 6.07 Å². The minimum Gasteiger partial charge on any atom is -0.497 e. The van der Waals surface area contributed by atoms with Crippen molar-refractivity contribution in [3.8, 4) is 5.75 Å². The molecule has 0 fully saturated rings. The molecule has 0 spiro atoms. The summed E-state index contributed by atoms with van der Waals surface area (Å²) in [6, 6.07) is 5.58. The summed E-state index contributed by atoms with van der Waals surface area (Å²) in [6.45, 7) is 0.201. The second-order valence-electron chi connectivity index (χ2n) is 3.12. The fourth-order valence-corrected chi connectivity index (χ4v) is 1.39. The van der Waals surface area contributed by atoms with Gasteiger partial charge in [-0.3, -0.25) is 0 Å². The first-order valence-electron chi connectivity index (χ1n) is 4.69. The predicted octanol–water partition coefficient (Wildman–Crippen LogP) is 1.11. The molecule has 0 aliphatic rings. The first-order chi connectivity index (χ1) is 6.81. The van der Waals surface area contributed by atoms with Crippen LogP contribution in [0.3, 0.4) is 0 Å². The summed E-state index contributed by atoms with van der Waals surface area (Å²) < 4.78 is 5.09. The Morgan fingerprint density at radius 3 is 2.57 bits per heavy atom. The fraction of sp³-hybridized carbons (Fsp3) is 0.455. The first kappa shape index (κ1) is 11.0. The maximum absolute atomic E-state index is 9.08. The fourth-order valence-electron chi connectivity index (χ4n) is 1.39. The minimum absolute atomic E-state index is 0.0325. The standard InChI is InChI=1S/C11H16O3/c1-14-11-5-4-10(8-13)9(7-11)3-2-6-12/h4-5,7,12-13H,2-3,6,8H2,1H3. The lowest BCUT2D eigenvalue weighted by Gasteiger charge is -2.08. The minimum atomic E-state index is 0.0325. The van der Waals surface area contributed by atoms with Crippen molar-refractivity contribution >= 4 is 0 Å². The lowest BCUT2D eigenvalue weighted by Crippen LogP contribution is -1.97. The second-order valence-corrected chi connectivity index (χ2v) is 3.12. The van der Waals surface area contributed by atoms with E-state index in [2.05, 4.69) is 0 Å². The number of methoxy groups -OCH3 is 1. The smallest absolute Gasteiger partial charge is 0.119 e. The molecule has 0 aliphatic heterocycles. The third kappa shape index (κ3) is 2.72. The van der Waals surface area contributed by atoms with E-state index in [9.17, 15) is 0 Å². The van der Waals surface area contributed by atoms with Crippen molar-refractivity contribution in [2.45, 2.75) is 19.4 Å². The molecule has 3 nitrogen and oxygen atoms in total. The van der Waals surface area contributed by atoms with Gasteiger partial charge in [-0.05, 0) is 36.1 Å². The zero-order chi connectivity index (χ0) is 10.4. The zero-order valence-electron chi connectivity index (χ0n) is 8.36. The molecular weight excluding hydrogens is 180 g/mol. The number of hydrogen-bond acceptors (Lipinski definition) is 3. The summed E-state index contributed by atoms with van der Waals surface area (Å²) in [5, 5.41) is 17.8. The van der Waals surface area contributed by atoms with Crippen molar-refractivity contribution in [2.75, 3.05) is 13.7 Å². The lowest BCUT2D eigenvalue weighted by atomic mass is 10.0. The highest BCUT2D eigenvalue weighted by Crippen LogP contribution is 2.19. The van der Waals surface area contributed by atoms with Gasteiger partial charge in [0.2, 0.25) is 0 Å². The van der Waals surface area contributed by atoms with E-state index in [0.717, 1.165) is 23.3 Å². The third-order valence-electron chi connectivity index (χ3n) is 2.19. The molecule has 0 radical (unpaired) electrons. The molecule has 1 rings (SSSR count). The Hall–Kier alpha value is -1.06.